The van der Waals surface area contributed by atoms with Crippen LogP contribution in [0.1, 0.15) is 27.0 Å². The van der Waals surface area contributed by atoms with Crippen LogP contribution in [0.4, 0.5) is 0 Å². The van der Waals surface area contributed by atoms with Crippen LogP contribution in [-0.2, 0) is 6.54 Å². The van der Waals surface area contributed by atoms with Crippen LogP contribution in [0, 0.1) is 13.8 Å². The smallest absolute Gasteiger partial charge is 0.257 e. The van der Waals surface area contributed by atoms with Crippen molar-refractivity contribution < 1.29 is 9.53 Å². The first-order valence-electron chi connectivity index (χ1n) is 6.45. The molecule has 4 heteroatoms. The Morgan fingerprint density at radius 3 is 2.80 bits per heavy atom. The molecule has 1 amide bonds. The largest absolute Gasteiger partial charge is 0.480 e. The molecular weight excluding hydrogens is 252 g/mol. The van der Waals surface area contributed by atoms with Crippen LogP contribution in [0.3, 0.4) is 0 Å². The molecule has 0 saturated heterocycles. The summed E-state index contributed by atoms with van der Waals surface area (Å²) < 4.78 is 5.09. The highest BCUT2D eigenvalue weighted by Crippen LogP contribution is 2.14. The molecule has 0 atom stereocenters. The number of aryl methyl sites for hydroxylation is 2. The summed E-state index contributed by atoms with van der Waals surface area (Å²) in [6.45, 7) is 4.58. The Morgan fingerprint density at radius 2 is 2.10 bits per heavy atom. The fourth-order valence-electron chi connectivity index (χ4n) is 2.04. The van der Waals surface area contributed by atoms with Crippen LogP contribution >= 0.6 is 0 Å². The molecule has 0 aliphatic heterocycles. The minimum absolute atomic E-state index is 0.185. The molecule has 0 spiro atoms. The van der Waals surface area contributed by atoms with E-state index in [2.05, 4.69) is 23.3 Å². The van der Waals surface area contributed by atoms with E-state index in [1.807, 2.05) is 19.1 Å². The van der Waals surface area contributed by atoms with Gasteiger partial charge in [0.05, 0.1) is 7.11 Å². The zero-order valence-corrected chi connectivity index (χ0v) is 11.9. The normalized spacial score (nSPS) is 10.2. The number of amides is 1. The molecular formula is C16H18N2O2. The van der Waals surface area contributed by atoms with Gasteiger partial charge in [-0.25, -0.2) is 4.98 Å². The van der Waals surface area contributed by atoms with Gasteiger partial charge in [-0.05, 0) is 37.1 Å². The van der Waals surface area contributed by atoms with Crippen molar-refractivity contribution in [3.63, 3.8) is 0 Å². The van der Waals surface area contributed by atoms with E-state index in [4.69, 9.17) is 4.74 Å². The van der Waals surface area contributed by atoms with Crippen molar-refractivity contribution in [2.75, 3.05) is 7.11 Å². The van der Waals surface area contributed by atoms with E-state index >= 15 is 0 Å². The van der Waals surface area contributed by atoms with Crippen molar-refractivity contribution in [1.82, 2.24) is 10.3 Å². The van der Waals surface area contributed by atoms with Gasteiger partial charge < -0.3 is 10.1 Å². The van der Waals surface area contributed by atoms with Crippen LogP contribution in [0.25, 0.3) is 0 Å². The molecule has 1 N–H and O–H groups in total. The van der Waals surface area contributed by atoms with Gasteiger partial charge in [0.2, 0.25) is 5.88 Å². The van der Waals surface area contributed by atoms with Crippen LogP contribution in [0.15, 0.2) is 36.5 Å². The molecule has 0 saturated carbocycles. The second-order valence-electron chi connectivity index (χ2n) is 4.67. The van der Waals surface area contributed by atoms with Crippen molar-refractivity contribution in [1.29, 1.82) is 0 Å². The predicted octanol–water partition coefficient (Wildman–Crippen LogP) is 2.64. The fraction of sp³-hybridized carbons (Fsp3) is 0.250. The third kappa shape index (κ3) is 3.15. The lowest BCUT2D eigenvalue weighted by molar-refractivity contribution is 0.0947. The Balaban J connectivity index is 2.09. The Bertz CT molecular complexity index is 624. The van der Waals surface area contributed by atoms with Crippen molar-refractivity contribution in [2.24, 2.45) is 0 Å². The second kappa shape index (κ2) is 6.19. The van der Waals surface area contributed by atoms with Gasteiger partial charge in [0.15, 0.2) is 0 Å². The van der Waals surface area contributed by atoms with Crippen LogP contribution in [0.5, 0.6) is 5.88 Å². The molecule has 1 aromatic heterocycles. The number of methoxy groups -OCH3 is 1. The van der Waals surface area contributed by atoms with Crippen LogP contribution < -0.4 is 10.1 Å². The number of pyridine rings is 1. The molecule has 104 valence electrons. The number of nitrogens with one attached hydrogen (secondary N) is 1. The standard InChI is InChI=1S/C16H18N2O2/c1-11-6-7-13(12(2)9-11)10-18-15(19)14-5-4-8-17-16(14)20-3/h4-9H,10H2,1-3H3,(H,18,19). The summed E-state index contributed by atoms with van der Waals surface area (Å²) >= 11 is 0. The van der Waals surface area contributed by atoms with Gasteiger partial charge in [-0.3, -0.25) is 4.79 Å². The maximum atomic E-state index is 12.1. The van der Waals surface area contributed by atoms with Gasteiger partial charge in [0.1, 0.15) is 5.56 Å². The van der Waals surface area contributed by atoms with E-state index in [0.29, 0.717) is 18.0 Å². The maximum Gasteiger partial charge on any atom is 0.257 e. The Kier molecular flexibility index (Phi) is 4.35. The maximum absolute atomic E-state index is 12.1. The number of hydrogen-bond donors (Lipinski definition) is 1. The van der Waals surface area contributed by atoms with E-state index in [1.165, 1.54) is 18.2 Å². The summed E-state index contributed by atoms with van der Waals surface area (Å²) in [6, 6.07) is 9.59. The first kappa shape index (κ1) is 14.1. The van der Waals surface area contributed by atoms with Gasteiger partial charge in [0.25, 0.3) is 5.91 Å². The minimum atomic E-state index is -0.185. The Morgan fingerprint density at radius 1 is 1.30 bits per heavy atom. The fourth-order valence-corrected chi connectivity index (χ4v) is 2.04. The van der Waals surface area contributed by atoms with E-state index in [-0.39, 0.29) is 5.91 Å². The summed E-state index contributed by atoms with van der Waals surface area (Å²) in [5.41, 5.74) is 3.93. The van der Waals surface area contributed by atoms with Crippen molar-refractivity contribution in [3.05, 3.63) is 58.8 Å². The van der Waals surface area contributed by atoms with E-state index in [0.717, 1.165) is 5.56 Å². The lowest BCUT2D eigenvalue weighted by atomic mass is 10.1. The minimum Gasteiger partial charge on any atom is -0.480 e. The lowest BCUT2D eigenvalue weighted by Crippen LogP contribution is -2.24. The highest BCUT2D eigenvalue weighted by molar-refractivity contribution is 5.96. The highest BCUT2D eigenvalue weighted by Gasteiger charge is 2.12. The predicted molar refractivity (Wildman–Crippen MR) is 77.9 cm³/mol. The molecule has 4 nitrogen and oxygen atoms in total. The van der Waals surface area contributed by atoms with Crippen LogP contribution in [0.2, 0.25) is 0 Å². The number of hydrogen-bond acceptors (Lipinski definition) is 3. The molecule has 2 aromatic rings. The first-order chi connectivity index (χ1) is 9.61. The molecule has 0 fully saturated rings. The van der Waals surface area contributed by atoms with Gasteiger partial charge in [-0.2, -0.15) is 0 Å². The summed E-state index contributed by atoms with van der Waals surface area (Å²) in [4.78, 5) is 16.2. The molecule has 0 bridgehead atoms. The van der Waals surface area contributed by atoms with Crippen LogP contribution in [-0.4, -0.2) is 18.0 Å². The molecule has 0 aliphatic carbocycles. The number of aromatic nitrogens is 1. The number of carbonyl (C=O) groups is 1. The van der Waals surface area contributed by atoms with Crippen molar-refractivity contribution >= 4 is 5.91 Å². The average molecular weight is 270 g/mol. The summed E-state index contributed by atoms with van der Waals surface area (Å²) in [6.07, 6.45) is 1.60. The van der Waals surface area contributed by atoms with E-state index < -0.39 is 0 Å². The monoisotopic (exact) mass is 270 g/mol. The molecule has 20 heavy (non-hydrogen) atoms. The van der Waals surface area contributed by atoms with Gasteiger partial charge in [-0.15, -0.1) is 0 Å². The SMILES string of the molecule is COc1ncccc1C(=O)NCc1ccc(C)cc1C. The Labute approximate surface area is 118 Å². The zero-order chi connectivity index (χ0) is 14.5. The third-order valence-electron chi connectivity index (χ3n) is 3.15. The van der Waals surface area contributed by atoms with E-state index in [9.17, 15) is 4.79 Å². The van der Waals surface area contributed by atoms with Gasteiger partial charge in [-0.1, -0.05) is 23.8 Å². The number of carbonyl (C=O) groups excluding carboxylic acids is 1. The second-order valence-corrected chi connectivity index (χ2v) is 4.67. The number of ether oxygens (including phenoxy) is 1. The topological polar surface area (TPSA) is 51.2 Å². The van der Waals surface area contributed by atoms with Crippen molar-refractivity contribution in [3.8, 4) is 5.88 Å². The number of rotatable bonds is 4. The summed E-state index contributed by atoms with van der Waals surface area (Å²) in [5, 5.41) is 2.89. The highest BCUT2D eigenvalue weighted by atomic mass is 16.5. The van der Waals surface area contributed by atoms with Gasteiger partial charge >= 0.3 is 0 Å². The zero-order valence-electron chi connectivity index (χ0n) is 11.9. The average Bonchev–Trinajstić information content (AvgIpc) is 2.46. The molecule has 1 aromatic carbocycles. The molecule has 0 aliphatic rings. The third-order valence-corrected chi connectivity index (χ3v) is 3.15. The molecule has 0 radical (unpaired) electrons. The van der Waals surface area contributed by atoms with Gasteiger partial charge in [0, 0.05) is 12.7 Å². The quantitative estimate of drug-likeness (QED) is 0.929. The molecule has 2 rings (SSSR count). The van der Waals surface area contributed by atoms with E-state index in [1.54, 1.807) is 18.3 Å². The lowest BCUT2D eigenvalue weighted by Gasteiger charge is -2.10. The summed E-state index contributed by atoms with van der Waals surface area (Å²) in [5.74, 6) is 0.153. The Hall–Kier alpha value is -2.36. The molecule has 1 heterocycles. The van der Waals surface area contributed by atoms with Crippen molar-refractivity contribution in [2.45, 2.75) is 20.4 Å². The number of nitrogens with zero attached hydrogens (tertiary/aromatic N) is 1. The first-order valence-corrected chi connectivity index (χ1v) is 6.45. The number of benzene rings is 1. The molecule has 0 unspecified atom stereocenters. The summed E-state index contributed by atoms with van der Waals surface area (Å²) in [7, 11) is 1.50.